The van der Waals surface area contributed by atoms with Crippen molar-refractivity contribution in [3.05, 3.63) is 72.2 Å². The summed E-state index contributed by atoms with van der Waals surface area (Å²) in [6.45, 7) is 5.99. The molecule has 1 N–H and O–H groups in total. The number of pyridine rings is 1. The van der Waals surface area contributed by atoms with Gasteiger partial charge in [0, 0.05) is 49.3 Å². The van der Waals surface area contributed by atoms with E-state index in [4.69, 9.17) is 9.40 Å². The Labute approximate surface area is 213 Å². The van der Waals surface area contributed by atoms with Gasteiger partial charge in [-0.25, -0.2) is 9.67 Å². The summed E-state index contributed by atoms with van der Waals surface area (Å²) in [4.78, 5) is 38.4. The molecule has 0 atom stereocenters. The average Bonchev–Trinajstić information content (AvgIpc) is 3.68. The van der Waals surface area contributed by atoms with Crippen molar-refractivity contribution in [3.63, 3.8) is 0 Å². The van der Waals surface area contributed by atoms with Crippen molar-refractivity contribution in [2.24, 2.45) is 0 Å². The van der Waals surface area contributed by atoms with E-state index in [-0.39, 0.29) is 17.9 Å². The molecule has 0 aliphatic carbocycles. The minimum absolute atomic E-state index is 0.0708. The van der Waals surface area contributed by atoms with Crippen LogP contribution in [0.25, 0.3) is 33.4 Å². The van der Waals surface area contributed by atoms with Gasteiger partial charge < -0.3 is 19.2 Å². The third kappa shape index (κ3) is 4.16. The van der Waals surface area contributed by atoms with E-state index in [0.29, 0.717) is 60.7 Å². The van der Waals surface area contributed by atoms with Gasteiger partial charge in [0.25, 0.3) is 5.91 Å². The van der Waals surface area contributed by atoms with Crippen LogP contribution < -0.4 is 0 Å². The highest BCUT2D eigenvalue weighted by Gasteiger charge is 2.28. The molecule has 5 aromatic rings. The molecule has 37 heavy (non-hydrogen) atoms. The third-order valence-corrected chi connectivity index (χ3v) is 7.00. The highest BCUT2D eigenvalue weighted by Crippen LogP contribution is 2.28. The molecule has 0 saturated carbocycles. The van der Waals surface area contributed by atoms with Crippen LogP contribution in [0.4, 0.5) is 0 Å². The highest BCUT2D eigenvalue weighted by molar-refractivity contribution is 6.06. The first-order valence-electron chi connectivity index (χ1n) is 12.5. The van der Waals surface area contributed by atoms with Gasteiger partial charge in [-0.15, -0.1) is 0 Å². The lowest BCUT2D eigenvalue weighted by Crippen LogP contribution is -2.51. The molecule has 0 unspecified atom stereocenters. The Morgan fingerprint density at radius 1 is 1.03 bits per heavy atom. The molecule has 1 aliphatic rings. The van der Waals surface area contributed by atoms with Gasteiger partial charge in [-0.05, 0) is 43.7 Å². The first-order chi connectivity index (χ1) is 18.0. The van der Waals surface area contributed by atoms with Crippen LogP contribution in [0, 0.1) is 0 Å². The predicted molar refractivity (Wildman–Crippen MR) is 140 cm³/mol. The molecule has 1 aliphatic heterocycles. The van der Waals surface area contributed by atoms with Gasteiger partial charge in [0.1, 0.15) is 5.69 Å². The number of rotatable bonds is 5. The minimum Gasteiger partial charge on any atom is -0.463 e. The van der Waals surface area contributed by atoms with Crippen LogP contribution >= 0.6 is 0 Å². The number of amides is 2. The molecule has 4 aromatic heterocycles. The van der Waals surface area contributed by atoms with Gasteiger partial charge in [0.15, 0.2) is 11.4 Å². The van der Waals surface area contributed by atoms with E-state index in [1.165, 1.54) is 0 Å². The standard InChI is InChI=1S/C28H28N6O3/c1-18(2)34-27-22(17-30-34)21(15-24(31-27)25-8-5-13-37-25)28(36)33-11-9-32(10-12-33)26(35)14-19-16-29-23-7-4-3-6-20(19)23/h3-8,13,15-18,29H,9-12,14H2,1-2H3. The maximum Gasteiger partial charge on any atom is 0.254 e. The molecule has 1 aromatic carbocycles. The second-order valence-corrected chi connectivity index (χ2v) is 9.66. The zero-order valence-corrected chi connectivity index (χ0v) is 20.8. The van der Waals surface area contributed by atoms with Crippen LogP contribution in [-0.4, -0.2) is 67.5 Å². The monoisotopic (exact) mass is 496 g/mol. The van der Waals surface area contributed by atoms with Crippen LogP contribution in [0.1, 0.15) is 35.8 Å². The number of carbonyl (C=O) groups is 2. The second kappa shape index (κ2) is 9.24. The van der Waals surface area contributed by atoms with Crippen LogP contribution in [0.5, 0.6) is 0 Å². The number of hydrogen-bond acceptors (Lipinski definition) is 5. The predicted octanol–water partition coefficient (Wildman–Crippen LogP) is 4.28. The fourth-order valence-electron chi connectivity index (χ4n) is 5.01. The molecule has 188 valence electrons. The Bertz CT molecular complexity index is 1590. The molecular formula is C28H28N6O3. The summed E-state index contributed by atoms with van der Waals surface area (Å²) in [6, 6.07) is 13.5. The lowest BCUT2D eigenvalue weighted by atomic mass is 10.1. The number of para-hydroxylation sites is 1. The summed E-state index contributed by atoms with van der Waals surface area (Å²) in [7, 11) is 0. The van der Waals surface area contributed by atoms with Crippen LogP contribution in [-0.2, 0) is 11.2 Å². The van der Waals surface area contributed by atoms with E-state index in [2.05, 4.69) is 10.1 Å². The second-order valence-electron chi connectivity index (χ2n) is 9.66. The molecule has 5 heterocycles. The first-order valence-corrected chi connectivity index (χ1v) is 12.5. The van der Waals surface area contributed by atoms with Crippen LogP contribution in [0.15, 0.2) is 65.5 Å². The number of furan rings is 1. The van der Waals surface area contributed by atoms with Crippen molar-refractivity contribution in [2.75, 3.05) is 26.2 Å². The zero-order chi connectivity index (χ0) is 25.5. The molecule has 6 rings (SSSR count). The summed E-state index contributed by atoms with van der Waals surface area (Å²) in [5.41, 5.74) is 3.81. The maximum atomic E-state index is 13.7. The number of carbonyl (C=O) groups excluding carboxylic acids is 2. The van der Waals surface area contributed by atoms with Crippen molar-refractivity contribution in [1.82, 2.24) is 29.5 Å². The normalized spacial score (nSPS) is 14.2. The third-order valence-electron chi connectivity index (χ3n) is 7.00. The van der Waals surface area contributed by atoms with Crippen LogP contribution in [0.2, 0.25) is 0 Å². The van der Waals surface area contributed by atoms with E-state index < -0.39 is 0 Å². The van der Waals surface area contributed by atoms with Gasteiger partial charge in [0.05, 0.1) is 29.8 Å². The first kappa shape index (κ1) is 23.0. The summed E-state index contributed by atoms with van der Waals surface area (Å²) in [5, 5.41) is 6.28. The minimum atomic E-state index is -0.0905. The van der Waals surface area contributed by atoms with Gasteiger partial charge in [-0.1, -0.05) is 18.2 Å². The number of aromatic nitrogens is 4. The van der Waals surface area contributed by atoms with E-state index in [9.17, 15) is 9.59 Å². The molecule has 0 bridgehead atoms. The summed E-state index contributed by atoms with van der Waals surface area (Å²) in [5.74, 6) is 0.578. The molecule has 1 saturated heterocycles. The number of nitrogens with one attached hydrogen (secondary N) is 1. The number of piperazine rings is 1. The van der Waals surface area contributed by atoms with Crippen molar-refractivity contribution in [1.29, 1.82) is 0 Å². The highest BCUT2D eigenvalue weighted by atomic mass is 16.3. The van der Waals surface area contributed by atoms with Crippen molar-refractivity contribution in [3.8, 4) is 11.5 Å². The molecule has 0 radical (unpaired) electrons. The Morgan fingerprint density at radius 3 is 2.57 bits per heavy atom. The molecular weight excluding hydrogens is 468 g/mol. The van der Waals surface area contributed by atoms with Gasteiger partial charge in [-0.3, -0.25) is 9.59 Å². The Morgan fingerprint density at radius 2 is 1.81 bits per heavy atom. The lowest BCUT2D eigenvalue weighted by molar-refractivity contribution is -0.131. The van der Waals surface area contributed by atoms with E-state index >= 15 is 0 Å². The van der Waals surface area contributed by atoms with Gasteiger partial charge >= 0.3 is 0 Å². The van der Waals surface area contributed by atoms with Gasteiger partial charge in [0.2, 0.25) is 5.91 Å². The number of nitrogens with zero attached hydrogens (tertiary/aromatic N) is 5. The largest absolute Gasteiger partial charge is 0.463 e. The fraction of sp³-hybridized carbons (Fsp3) is 0.286. The number of benzene rings is 1. The van der Waals surface area contributed by atoms with Crippen molar-refractivity contribution >= 4 is 33.8 Å². The number of hydrogen-bond donors (Lipinski definition) is 1. The maximum absolute atomic E-state index is 13.7. The number of fused-ring (bicyclic) bond motifs is 2. The van der Waals surface area contributed by atoms with Gasteiger partial charge in [-0.2, -0.15) is 5.10 Å². The quantitative estimate of drug-likeness (QED) is 0.391. The molecule has 9 heteroatoms. The molecule has 0 spiro atoms. The SMILES string of the molecule is CC(C)n1ncc2c(C(=O)N3CCN(C(=O)Cc4c[nH]c5ccccc45)CC3)cc(-c3ccco3)nc21. The summed E-state index contributed by atoms with van der Waals surface area (Å²) in [6.07, 6.45) is 5.55. The lowest BCUT2D eigenvalue weighted by Gasteiger charge is -2.35. The summed E-state index contributed by atoms with van der Waals surface area (Å²) >= 11 is 0. The summed E-state index contributed by atoms with van der Waals surface area (Å²) < 4.78 is 7.39. The number of aromatic amines is 1. The molecule has 9 nitrogen and oxygen atoms in total. The van der Waals surface area contributed by atoms with Crippen molar-refractivity contribution in [2.45, 2.75) is 26.3 Å². The Kier molecular flexibility index (Phi) is 5.75. The number of H-pyrrole nitrogens is 1. The van der Waals surface area contributed by atoms with E-state index in [0.717, 1.165) is 16.5 Å². The van der Waals surface area contributed by atoms with Crippen molar-refractivity contribution < 1.29 is 14.0 Å². The molecule has 2 amide bonds. The Balaban J connectivity index is 1.21. The van der Waals surface area contributed by atoms with E-state index in [1.807, 2.05) is 64.9 Å². The Hall–Kier alpha value is -4.40. The van der Waals surface area contributed by atoms with Crippen LogP contribution in [0.3, 0.4) is 0 Å². The average molecular weight is 497 g/mol. The van der Waals surface area contributed by atoms with E-state index in [1.54, 1.807) is 24.6 Å². The smallest absolute Gasteiger partial charge is 0.254 e. The fourth-order valence-corrected chi connectivity index (χ4v) is 5.01. The topological polar surface area (TPSA) is 100 Å². The zero-order valence-electron chi connectivity index (χ0n) is 20.8. The molecule has 1 fully saturated rings.